The first-order valence-electron chi connectivity index (χ1n) is 10.5. The number of ether oxygens (including phenoxy) is 3. The van der Waals surface area contributed by atoms with Crippen LogP contribution in [0.15, 0.2) is 18.2 Å². The topological polar surface area (TPSA) is 63.3 Å². The molecule has 5 rings (SSSR count). The third-order valence-corrected chi connectivity index (χ3v) is 6.50. The van der Waals surface area contributed by atoms with Gasteiger partial charge in [-0.1, -0.05) is 6.07 Å². The predicted molar refractivity (Wildman–Crippen MR) is 103 cm³/mol. The molecule has 2 saturated heterocycles. The number of nitrogens with zero attached hydrogens (tertiary/aromatic N) is 2. The number of rotatable bonds is 3. The van der Waals surface area contributed by atoms with E-state index < -0.39 is 0 Å². The van der Waals surface area contributed by atoms with E-state index in [4.69, 9.17) is 14.2 Å². The van der Waals surface area contributed by atoms with Crippen molar-refractivity contribution in [3.8, 4) is 11.5 Å². The van der Waals surface area contributed by atoms with Crippen molar-refractivity contribution in [2.45, 2.75) is 38.0 Å². The Labute approximate surface area is 165 Å². The Kier molecular flexibility index (Phi) is 5.13. The zero-order chi connectivity index (χ0) is 18.9. The van der Waals surface area contributed by atoms with Gasteiger partial charge in [0.2, 0.25) is 12.7 Å². The number of carbonyl (C=O) groups excluding carboxylic acids is 1. The molecule has 4 aliphatic rings. The highest BCUT2D eigenvalue weighted by Gasteiger charge is 2.37. The Hall–Kier alpha value is -1.83. The molecule has 7 heteroatoms. The quantitative estimate of drug-likeness (QED) is 0.841. The number of carbonyl (C=O) groups is 1. The van der Waals surface area contributed by atoms with Gasteiger partial charge in [0.1, 0.15) is 0 Å². The summed E-state index contributed by atoms with van der Waals surface area (Å²) in [5.74, 6) is 2.15. The maximum Gasteiger partial charge on any atom is 0.231 e. The number of piperazine rings is 1. The molecule has 1 aromatic rings. The van der Waals surface area contributed by atoms with Crippen molar-refractivity contribution >= 4 is 5.91 Å². The SMILES string of the molecule is O=C([C@H]1CC[C@H]2OCCN[C@@H]2C1)N1CCN(Cc2ccc3c(c2)OCO3)CC1. The van der Waals surface area contributed by atoms with Gasteiger partial charge in [-0.3, -0.25) is 9.69 Å². The molecule has 3 atom stereocenters. The minimum absolute atomic E-state index is 0.149. The highest BCUT2D eigenvalue weighted by atomic mass is 16.7. The molecule has 0 spiro atoms. The molecule has 1 N–H and O–H groups in total. The van der Waals surface area contributed by atoms with Crippen molar-refractivity contribution in [2.75, 3.05) is 46.1 Å². The van der Waals surface area contributed by atoms with E-state index in [0.29, 0.717) is 24.8 Å². The third-order valence-electron chi connectivity index (χ3n) is 6.50. The van der Waals surface area contributed by atoms with Crippen molar-refractivity contribution in [1.29, 1.82) is 0 Å². The van der Waals surface area contributed by atoms with Gasteiger partial charge in [0, 0.05) is 51.2 Å². The number of nitrogens with one attached hydrogen (secondary N) is 1. The lowest BCUT2D eigenvalue weighted by atomic mass is 9.82. The second-order valence-electron chi connectivity index (χ2n) is 8.27. The van der Waals surface area contributed by atoms with Gasteiger partial charge in [-0.25, -0.2) is 0 Å². The van der Waals surface area contributed by atoms with Crippen LogP contribution >= 0.6 is 0 Å². The van der Waals surface area contributed by atoms with Gasteiger partial charge in [0.25, 0.3) is 0 Å². The molecule has 0 unspecified atom stereocenters. The number of fused-ring (bicyclic) bond motifs is 2. The molecule has 0 radical (unpaired) electrons. The summed E-state index contributed by atoms with van der Waals surface area (Å²) in [6.07, 6.45) is 3.18. The maximum absolute atomic E-state index is 13.0. The summed E-state index contributed by atoms with van der Waals surface area (Å²) >= 11 is 0. The van der Waals surface area contributed by atoms with E-state index in [0.717, 1.165) is 76.6 Å². The fourth-order valence-corrected chi connectivity index (χ4v) is 4.92. The molecule has 1 amide bonds. The summed E-state index contributed by atoms with van der Waals surface area (Å²) in [4.78, 5) is 17.5. The van der Waals surface area contributed by atoms with E-state index >= 15 is 0 Å². The van der Waals surface area contributed by atoms with E-state index in [1.165, 1.54) is 5.56 Å². The second kappa shape index (κ2) is 7.89. The summed E-state index contributed by atoms with van der Waals surface area (Å²) in [7, 11) is 0. The minimum Gasteiger partial charge on any atom is -0.454 e. The van der Waals surface area contributed by atoms with Crippen LogP contribution in [0.25, 0.3) is 0 Å². The second-order valence-corrected chi connectivity index (χ2v) is 8.27. The van der Waals surface area contributed by atoms with Gasteiger partial charge in [0.15, 0.2) is 11.5 Å². The Balaban J connectivity index is 1.12. The standard InChI is InChI=1S/C21H29N3O4/c25-21(16-2-4-18-17(12-16)22-5-10-26-18)24-8-6-23(7-9-24)13-15-1-3-19-20(11-15)28-14-27-19/h1,3,11,16-18,22H,2,4-10,12-14H2/t16-,17+,18+/m0/s1. The van der Waals surface area contributed by atoms with Crippen molar-refractivity contribution in [1.82, 2.24) is 15.1 Å². The van der Waals surface area contributed by atoms with E-state index in [1.54, 1.807) is 0 Å². The smallest absolute Gasteiger partial charge is 0.231 e. The molecule has 1 aromatic carbocycles. The lowest BCUT2D eigenvalue weighted by Crippen LogP contribution is -2.55. The largest absolute Gasteiger partial charge is 0.454 e. The summed E-state index contributed by atoms with van der Waals surface area (Å²) in [6.45, 7) is 6.36. The molecule has 3 heterocycles. The number of benzene rings is 1. The van der Waals surface area contributed by atoms with Crippen molar-refractivity contribution in [3.63, 3.8) is 0 Å². The monoisotopic (exact) mass is 387 g/mol. The van der Waals surface area contributed by atoms with E-state index in [1.807, 2.05) is 6.07 Å². The number of hydrogen-bond acceptors (Lipinski definition) is 6. The molecule has 152 valence electrons. The van der Waals surface area contributed by atoms with E-state index in [9.17, 15) is 4.79 Å². The Morgan fingerprint density at radius 2 is 1.96 bits per heavy atom. The zero-order valence-corrected chi connectivity index (χ0v) is 16.3. The molecular weight excluding hydrogens is 358 g/mol. The lowest BCUT2D eigenvalue weighted by molar-refractivity contribution is -0.140. The van der Waals surface area contributed by atoms with Crippen molar-refractivity contribution in [3.05, 3.63) is 23.8 Å². The highest BCUT2D eigenvalue weighted by molar-refractivity contribution is 5.79. The van der Waals surface area contributed by atoms with Gasteiger partial charge < -0.3 is 24.4 Å². The first kappa shape index (κ1) is 18.2. The van der Waals surface area contributed by atoms with Gasteiger partial charge in [-0.15, -0.1) is 0 Å². The third kappa shape index (κ3) is 3.71. The molecule has 0 bridgehead atoms. The Morgan fingerprint density at radius 3 is 2.86 bits per heavy atom. The van der Waals surface area contributed by atoms with Crippen LogP contribution in [0.3, 0.4) is 0 Å². The number of morpholine rings is 1. The van der Waals surface area contributed by atoms with Crippen LogP contribution in [0.2, 0.25) is 0 Å². The first-order chi connectivity index (χ1) is 13.8. The average Bonchev–Trinajstić information content (AvgIpc) is 3.21. The van der Waals surface area contributed by atoms with Gasteiger partial charge >= 0.3 is 0 Å². The van der Waals surface area contributed by atoms with Crippen LogP contribution in [-0.2, 0) is 16.1 Å². The fraction of sp³-hybridized carbons (Fsp3) is 0.667. The van der Waals surface area contributed by atoms with Crippen LogP contribution in [0.4, 0.5) is 0 Å². The Bertz CT molecular complexity index is 720. The molecule has 1 aliphatic carbocycles. The summed E-state index contributed by atoms with van der Waals surface area (Å²) in [5, 5.41) is 3.54. The molecule has 3 aliphatic heterocycles. The number of hydrogen-bond donors (Lipinski definition) is 1. The van der Waals surface area contributed by atoms with Gasteiger partial charge in [-0.05, 0) is 37.0 Å². The molecular formula is C21H29N3O4. The first-order valence-corrected chi connectivity index (χ1v) is 10.5. The summed E-state index contributed by atoms with van der Waals surface area (Å²) in [5.41, 5.74) is 1.23. The average molecular weight is 387 g/mol. The normalized spacial score (nSPS) is 30.1. The maximum atomic E-state index is 13.0. The van der Waals surface area contributed by atoms with Crippen molar-refractivity contribution < 1.29 is 19.0 Å². The van der Waals surface area contributed by atoms with Crippen molar-refractivity contribution in [2.24, 2.45) is 5.92 Å². The van der Waals surface area contributed by atoms with Crippen LogP contribution in [0.1, 0.15) is 24.8 Å². The highest BCUT2D eigenvalue weighted by Crippen LogP contribution is 2.33. The van der Waals surface area contributed by atoms with E-state index in [2.05, 4.69) is 27.2 Å². The molecule has 0 aromatic heterocycles. The summed E-state index contributed by atoms with van der Waals surface area (Å²) < 4.78 is 16.7. The molecule has 28 heavy (non-hydrogen) atoms. The molecule has 1 saturated carbocycles. The van der Waals surface area contributed by atoms with Crippen LogP contribution in [0.5, 0.6) is 11.5 Å². The van der Waals surface area contributed by atoms with Crippen LogP contribution < -0.4 is 14.8 Å². The van der Waals surface area contributed by atoms with E-state index in [-0.39, 0.29) is 5.92 Å². The minimum atomic E-state index is 0.149. The Morgan fingerprint density at radius 1 is 1.11 bits per heavy atom. The molecule has 7 nitrogen and oxygen atoms in total. The summed E-state index contributed by atoms with van der Waals surface area (Å²) in [6, 6.07) is 6.50. The van der Waals surface area contributed by atoms with Crippen LogP contribution in [-0.4, -0.2) is 74.0 Å². The zero-order valence-electron chi connectivity index (χ0n) is 16.3. The number of amides is 1. The lowest BCUT2D eigenvalue weighted by Gasteiger charge is -2.42. The van der Waals surface area contributed by atoms with Gasteiger partial charge in [-0.2, -0.15) is 0 Å². The molecule has 3 fully saturated rings. The fourth-order valence-electron chi connectivity index (χ4n) is 4.92. The predicted octanol–water partition coefficient (Wildman–Crippen LogP) is 1.22. The van der Waals surface area contributed by atoms with Crippen LogP contribution in [0, 0.1) is 5.92 Å². The van der Waals surface area contributed by atoms with Gasteiger partial charge in [0.05, 0.1) is 12.7 Å².